The number of thiazole rings is 1. The normalized spacial score (nSPS) is 13.4. The number of aromatic nitrogens is 2. The molecule has 1 aliphatic rings. The summed E-state index contributed by atoms with van der Waals surface area (Å²) in [5.74, 6) is 3.50. The van der Waals surface area contributed by atoms with E-state index in [0.29, 0.717) is 44.5 Å². The maximum Gasteiger partial charge on any atom is 0.246 e. The van der Waals surface area contributed by atoms with Gasteiger partial charge in [-0.15, -0.1) is 11.3 Å². The number of piperazine rings is 1. The zero-order chi connectivity index (χ0) is 35.4. The van der Waals surface area contributed by atoms with E-state index in [-0.39, 0.29) is 5.91 Å². The number of rotatable bonds is 15. The molecule has 0 N–H and O–H groups in total. The van der Waals surface area contributed by atoms with Gasteiger partial charge in [-0.25, -0.2) is 4.98 Å². The third kappa shape index (κ3) is 10.2. The Morgan fingerprint density at radius 1 is 0.863 bits per heavy atom. The summed E-state index contributed by atoms with van der Waals surface area (Å²) in [6, 6.07) is 24.2. The smallest absolute Gasteiger partial charge is 0.246 e. The minimum Gasteiger partial charge on any atom is -0.490 e. The van der Waals surface area contributed by atoms with Gasteiger partial charge in [-0.2, -0.15) is 0 Å². The third-order valence-electron chi connectivity index (χ3n) is 8.59. The van der Waals surface area contributed by atoms with Crippen molar-refractivity contribution in [2.24, 2.45) is 0 Å². The van der Waals surface area contributed by atoms with Crippen LogP contribution < -0.4 is 18.9 Å². The first-order valence-electron chi connectivity index (χ1n) is 17.3. The Balaban J connectivity index is 0.930. The van der Waals surface area contributed by atoms with Crippen LogP contribution in [-0.4, -0.2) is 65.1 Å². The fourth-order valence-corrected chi connectivity index (χ4v) is 6.42. The Bertz CT molecular complexity index is 1860. The average molecular weight is 705 g/mol. The lowest BCUT2D eigenvalue weighted by atomic mass is 10.1. The number of carbonyl (C=O) groups is 1. The van der Waals surface area contributed by atoms with Crippen molar-refractivity contribution < 1.29 is 23.7 Å². The van der Waals surface area contributed by atoms with Crippen LogP contribution in [0.3, 0.4) is 0 Å². The lowest BCUT2D eigenvalue weighted by molar-refractivity contribution is -0.127. The summed E-state index contributed by atoms with van der Waals surface area (Å²) in [6.45, 7) is 11.6. The number of benzene rings is 3. The summed E-state index contributed by atoms with van der Waals surface area (Å²) in [5, 5.41) is 0. The first-order valence-corrected chi connectivity index (χ1v) is 18.2. The molecule has 2 aromatic heterocycles. The van der Waals surface area contributed by atoms with Crippen LogP contribution in [0, 0.1) is 13.8 Å². The quantitative estimate of drug-likeness (QED) is 0.102. The minimum absolute atomic E-state index is 0.0302. The number of pyridine rings is 1. The molecule has 1 aliphatic heterocycles. The van der Waals surface area contributed by atoms with E-state index < -0.39 is 0 Å². The molecule has 9 nitrogen and oxygen atoms in total. The van der Waals surface area contributed by atoms with E-state index in [1.807, 2.05) is 74.2 Å². The third-order valence-corrected chi connectivity index (χ3v) is 9.34. The summed E-state index contributed by atoms with van der Waals surface area (Å²) >= 11 is 1.55. The van der Waals surface area contributed by atoms with Gasteiger partial charge in [0.1, 0.15) is 18.1 Å². The zero-order valence-electron chi connectivity index (χ0n) is 29.4. The van der Waals surface area contributed by atoms with E-state index in [1.54, 1.807) is 41.4 Å². The molecule has 51 heavy (non-hydrogen) atoms. The molecule has 0 radical (unpaired) electrons. The van der Waals surface area contributed by atoms with Crippen molar-refractivity contribution in [1.82, 2.24) is 19.8 Å². The van der Waals surface area contributed by atoms with Gasteiger partial charge in [-0.05, 0) is 85.0 Å². The second kappa shape index (κ2) is 17.6. The van der Waals surface area contributed by atoms with Crippen LogP contribution in [0.1, 0.15) is 39.6 Å². The molecule has 3 aromatic carbocycles. The maximum atomic E-state index is 13.1. The molecule has 5 aromatic rings. The molecule has 0 aliphatic carbocycles. The molecule has 0 saturated carbocycles. The average Bonchev–Trinajstić information content (AvgIpc) is 3.68. The van der Waals surface area contributed by atoms with Crippen molar-refractivity contribution >= 4 is 23.3 Å². The highest BCUT2D eigenvalue weighted by atomic mass is 32.1. The first-order chi connectivity index (χ1) is 24.9. The number of aryl methyl sites for hydroxylation is 2. The highest BCUT2D eigenvalue weighted by Crippen LogP contribution is 2.30. The number of hydrogen-bond acceptors (Lipinski definition) is 9. The topological polar surface area (TPSA) is 86.3 Å². The molecule has 1 fully saturated rings. The molecule has 0 spiro atoms. The van der Waals surface area contributed by atoms with Crippen LogP contribution in [0.5, 0.6) is 28.9 Å². The highest BCUT2D eigenvalue weighted by Gasteiger charge is 2.20. The molecular formula is C41H44N4O5S. The van der Waals surface area contributed by atoms with E-state index in [1.165, 1.54) is 11.1 Å². The fourth-order valence-electron chi connectivity index (χ4n) is 5.92. The van der Waals surface area contributed by atoms with E-state index in [2.05, 4.69) is 39.1 Å². The Morgan fingerprint density at radius 2 is 1.59 bits per heavy atom. The summed E-state index contributed by atoms with van der Waals surface area (Å²) in [7, 11) is 0. The van der Waals surface area contributed by atoms with Gasteiger partial charge in [-0.1, -0.05) is 36.4 Å². The van der Waals surface area contributed by atoms with Crippen molar-refractivity contribution in [3.63, 3.8) is 0 Å². The van der Waals surface area contributed by atoms with E-state index in [4.69, 9.17) is 18.9 Å². The molecule has 3 heterocycles. The van der Waals surface area contributed by atoms with Crippen molar-refractivity contribution in [2.75, 3.05) is 39.4 Å². The van der Waals surface area contributed by atoms with E-state index >= 15 is 0 Å². The van der Waals surface area contributed by atoms with Crippen molar-refractivity contribution in [3.8, 4) is 28.9 Å². The predicted octanol–water partition coefficient (Wildman–Crippen LogP) is 7.90. The largest absolute Gasteiger partial charge is 0.490 e. The van der Waals surface area contributed by atoms with Gasteiger partial charge in [0.25, 0.3) is 0 Å². The number of hydrogen-bond donors (Lipinski definition) is 0. The summed E-state index contributed by atoms with van der Waals surface area (Å²) in [4.78, 5) is 26.9. The number of carbonyl (C=O) groups excluding carboxylic acids is 1. The SMILES string of the molecule is CCOc1ccccc1OCCc1ccc(CN2CCN(C(=O)C=Cc3cc(C)c(Oc4ccc(OCc5cncs5)cn4)c(C)c3)CC2)cc1. The van der Waals surface area contributed by atoms with Gasteiger partial charge >= 0.3 is 0 Å². The molecule has 1 saturated heterocycles. The second-order valence-corrected chi connectivity index (χ2v) is 13.4. The molecular weight excluding hydrogens is 661 g/mol. The number of amides is 1. The van der Waals surface area contributed by atoms with Crippen LogP contribution in [0.25, 0.3) is 6.08 Å². The predicted molar refractivity (Wildman–Crippen MR) is 201 cm³/mol. The summed E-state index contributed by atoms with van der Waals surface area (Å²) in [5.41, 5.74) is 7.17. The number of ether oxygens (including phenoxy) is 4. The Kier molecular flexibility index (Phi) is 12.3. The highest BCUT2D eigenvalue weighted by molar-refractivity contribution is 7.09. The molecule has 264 valence electrons. The Hall–Kier alpha value is -5.19. The van der Waals surface area contributed by atoms with Gasteiger partial charge < -0.3 is 23.8 Å². The molecule has 1 amide bonds. The second-order valence-electron chi connectivity index (χ2n) is 12.4. The van der Waals surface area contributed by atoms with Crippen LogP contribution >= 0.6 is 11.3 Å². The van der Waals surface area contributed by atoms with E-state index in [0.717, 1.165) is 64.9 Å². The lowest BCUT2D eigenvalue weighted by Gasteiger charge is -2.34. The van der Waals surface area contributed by atoms with Crippen molar-refractivity contribution in [1.29, 1.82) is 0 Å². The zero-order valence-corrected chi connectivity index (χ0v) is 30.2. The first kappa shape index (κ1) is 35.6. The van der Waals surface area contributed by atoms with Crippen molar-refractivity contribution in [3.05, 3.63) is 129 Å². The van der Waals surface area contributed by atoms with Crippen LogP contribution in [0.2, 0.25) is 0 Å². The lowest BCUT2D eigenvalue weighted by Crippen LogP contribution is -2.47. The van der Waals surface area contributed by atoms with Gasteiger partial charge in [-0.3, -0.25) is 14.7 Å². The van der Waals surface area contributed by atoms with Crippen LogP contribution in [0.4, 0.5) is 0 Å². The maximum absolute atomic E-state index is 13.1. The molecule has 0 unspecified atom stereocenters. The summed E-state index contributed by atoms with van der Waals surface area (Å²) in [6.07, 6.45) is 7.84. The Morgan fingerprint density at radius 3 is 2.25 bits per heavy atom. The molecule has 6 rings (SSSR count). The monoisotopic (exact) mass is 704 g/mol. The van der Waals surface area contributed by atoms with E-state index in [9.17, 15) is 4.79 Å². The van der Waals surface area contributed by atoms with Gasteiger partial charge in [0, 0.05) is 57.5 Å². The minimum atomic E-state index is 0.0302. The molecule has 0 atom stereocenters. The Labute approximate surface area is 304 Å². The van der Waals surface area contributed by atoms with Crippen molar-refractivity contribution in [2.45, 2.75) is 40.3 Å². The van der Waals surface area contributed by atoms with Crippen LogP contribution in [0.15, 0.2) is 96.8 Å². The standard InChI is InChI=1S/C41H44N4O5S/c1-4-47-37-7-5-6-8-38(37)48-22-17-32-9-11-33(12-10-32)27-44-18-20-45(21-19-44)40(46)16-13-34-23-30(2)41(31(3)24-34)50-39-15-14-35(25-43-39)49-28-36-26-42-29-51-36/h5-16,23-26,29H,4,17-22,27-28H2,1-3H3. The molecule has 10 heteroatoms. The number of nitrogens with zero attached hydrogens (tertiary/aromatic N) is 4. The number of para-hydroxylation sites is 2. The van der Waals surface area contributed by atoms with Crippen LogP contribution in [-0.2, 0) is 24.4 Å². The van der Waals surface area contributed by atoms with Gasteiger partial charge in [0.2, 0.25) is 11.8 Å². The fraction of sp³-hybridized carbons (Fsp3) is 0.293. The summed E-state index contributed by atoms with van der Waals surface area (Å²) < 4.78 is 23.5. The van der Waals surface area contributed by atoms with Gasteiger partial charge in [0.15, 0.2) is 11.5 Å². The van der Waals surface area contributed by atoms with Gasteiger partial charge in [0.05, 0.1) is 29.8 Å². The molecule has 0 bridgehead atoms.